The van der Waals surface area contributed by atoms with Gasteiger partial charge in [0.1, 0.15) is 6.33 Å². The number of aromatic nitrogens is 3. The minimum Gasteiger partial charge on any atom is -0.331 e. The number of carbonyl (C=O) groups excluding carboxylic acids is 1. The number of nitrogens with zero attached hydrogens (tertiary/aromatic N) is 3. The molecule has 0 aliphatic heterocycles. The summed E-state index contributed by atoms with van der Waals surface area (Å²) in [4.78, 5) is 16.7. The third-order valence-corrected chi connectivity index (χ3v) is 4.96. The molecule has 1 aromatic heterocycles. The van der Waals surface area contributed by atoms with E-state index < -0.39 is 0 Å². The van der Waals surface area contributed by atoms with E-state index >= 15 is 0 Å². The van der Waals surface area contributed by atoms with Crippen molar-refractivity contribution in [2.45, 2.75) is 25.3 Å². The van der Waals surface area contributed by atoms with Crippen LogP contribution in [-0.4, -0.2) is 20.8 Å². The van der Waals surface area contributed by atoms with Gasteiger partial charge in [-0.05, 0) is 66.8 Å². The van der Waals surface area contributed by atoms with Crippen molar-refractivity contribution < 1.29 is 4.79 Å². The van der Waals surface area contributed by atoms with Gasteiger partial charge in [-0.2, -0.15) is 5.10 Å². The number of fused-ring (bicyclic) bond motifs is 1. The van der Waals surface area contributed by atoms with Crippen LogP contribution in [0.5, 0.6) is 0 Å². The summed E-state index contributed by atoms with van der Waals surface area (Å²) in [6, 6.07) is 13.1. The van der Waals surface area contributed by atoms with Gasteiger partial charge in [-0.3, -0.25) is 4.68 Å². The topological polar surface area (TPSA) is 71.8 Å². The van der Waals surface area contributed by atoms with E-state index in [1.807, 2.05) is 49.5 Å². The molecule has 0 saturated carbocycles. The Morgan fingerprint density at radius 2 is 2.04 bits per heavy atom. The standard InChI is InChI=1S/C20H20ClN5O/c1-26-12-22-19(25-26)14-6-9-16(10-7-14)23-20(27)24-18-4-2-3-13-5-8-15(21)11-17(13)18/h5-12,18H,2-4H2,1H3,(H2,23,24,27)/t18-/m1/s1. The third-order valence-electron chi connectivity index (χ3n) is 4.73. The first-order valence-electron chi connectivity index (χ1n) is 8.90. The summed E-state index contributed by atoms with van der Waals surface area (Å²) in [5, 5.41) is 10.9. The van der Waals surface area contributed by atoms with Crippen molar-refractivity contribution in [1.82, 2.24) is 20.1 Å². The summed E-state index contributed by atoms with van der Waals surface area (Å²) >= 11 is 6.14. The molecule has 2 amide bonds. The second-order valence-electron chi connectivity index (χ2n) is 6.71. The Kier molecular flexibility index (Phi) is 4.81. The van der Waals surface area contributed by atoms with Gasteiger partial charge in [0.15, 0.2) is 5.82 Å². The van der Waals surface area contributed by atoms with E-state index in [0.29, 0.717) is 16.5 Å². The molecule has 1 aliphatic rings. The number of aryl methyl sites for hydroxylation is 2. The first-order chi connectivity index (χ1) is 13.1. The Hall–Kier alpha value is -2.86. The highest BCUT2D eigenvalue weighted by Gasteiger charge is 2.22. The number of anilines is 1. The summed E-state index contributed by atoms with van der Waals surface area (Å²) in [6.07, 6.45) is 4.63. The van der Waals surface area contributed by atoms with Crippen LogP contribution >= 0.6 is 11.6 Å². The molecule has 0 unspecified atom stereocenters. The number of carbonyl (C=O) groups is 1. The molecule has 1 heterocycles. The molecule has 2 aromatic carbocycles. The van der Waals surface area contributed by atoms with E-state index in [0.717, 1.165) is 30.4 Å². The number of rotatable bonds is 3. The van der Waals surface area contributed by atoms with E-state index in [9.17, 15) is 4.79 Å². The molecule has 1 aliphatic carbocycles. The lowest BCUT2D eigenvalue weighted by molar-refractivity contribution is 0.247. The average molecular weight is 382 g/mol. The average Bonchev–Trinajstić information content (AvgIpc) is 3.09. The Bertz CT molecular complexity index is 967. The Balaban J connectivity index is 1.42. The lowest BCUT2D eigenvalue weighted by atomic mass is 9.88. The number of benzene rings is 2. The number of hydrogen-bond acceptors (Lipinski definition) is 3. The molecule has 3 aromatic rings. The monoisotopic (exact) mass is 381 g/mol. The minimum absolute atomic E-state index is 0.0237. The fraction of sp³-hybridized carbons (Fsp3) is 0.250. The normalized spacial score (nSPS) is 15.9. The highest BCUT2D eigenvalue weighted by molar-refractivity contribution is 6.30. The van der Waals surface area contributed by atoms with Gasteiger partial charge in [0.05, 0.1) is 6.04 Å². The molecule has 27 heavy (non-hydrogen) atoms. The SMILES string of the molecule is Cn1cnc(-c2ccc(NC(=O)N[C@@H]3CCCc4ccc(Cl)cc43)cc2)n1. The van der Waals surface area contributed by atoms with Crippen molar-refractivity contribution in [3.05, 3.63) is 64.9 Å². The van der Waals surface area contributed by atoms with Crippen LogP contribution in [0, 0.1) is 0 Å². The van der Waals surface area contributed by atoms with Gasteiger partial charge in [-0.25, -0.2) is 9.78 Å². The van der Waals surface area contributed by atoms with Crippen molar-refractivity contribution in [3.8, 4) is 11.4 Å². The van der Waals surface area contributed by atoms with Crippen LogP contribution in [0.3, 0.4) is 0 Å². The van der Waals surface area contributed by atoms with Crippen LogP contribution in [0.15, 0.2) is 48.8 Å². The van der Waals surface area contributed by atoms with E-state index in [2.05, 4.69) is 20.7 Å². The lowest BCUT2D eigenvalue weighted by Crippen LogP contribution is -2.34. The molecule has 0 fully saturated rings. The summed E-state index contributed by atoms with van der Waals surface area (Å²) in [5.41, 5.74) is 3.98. The molecule has 1 atom stereocenters. The van der Waals surface area contributed by atoms with E-state index in [-0.39, 0.29) is 12.1 Å². The third kappa shape index (κ3) is 3.95. The fourth-order valence-electron chi connectivity index (χ4n) is 3.42. The molecule has 0 spiro atoms. The molecule has 0 saturated heterocycles. The molecule has 2 N–H and O–H groups in total. The largest absolute Gasteiger partial charge is 0.331 e. The van der Waals surface area contributed by atoms with Crippen LogP contribution in [0.2, 0.25) is 5.02 Å². The van der Waals surface area contributed by atoms with Crippen LogP contribution in [-0.2, 0) is 13.5 Å². The van der Waals surface area contributed by atoms with Crippen molar-refractivity contribution >= 4 is 23.3 Å². The molecule has 0 radical (unpaired) electrons. The number of nitrogens with one attached hydrogen (secondary N) is 2. The van der Waals surface area contributed by atoms with Gasteiger partial charge in [0, 0.05) is 23.3 Å². The van der Waals surface area contributed by atoms with Crippen LogP contribution < -0.4 is 10.6 Å². The molecular weight excluding hydrogens is 362 g/mol. The van der Waals surface area contributed by atoms with Crippen molar-refractivity contribution in [2.24, 2.45) is 7.05 Å². The maximum atomic E-state index is 12.5. The second kappa shape index (κ2) is 7.40. The molecule has 0 bridgehead atoms. The Morgan fingerprint density at radius 1 is 1.22 bits per heavy atom. The molecular formula is C20H20ClN5O. The number of amides is 2. The second-order valence-corrected chi connectivity index (χ2v) is 7.14. The van der Waals surface area contributed by atoms with Crippen molar-refractivity contribution in [2.75, 3.05) is 5.32 Å². The van der Waals surface area contributed by atoms with E-state index in [1.54, 1.807) is 11.0 Å². The van der Waals surface area contributed by atoms with Crippen molar-refractivity contribution in [3.63, 3.8) is 0 Å². The number of hydrogen-bond donors (Lipinski definition) is 2. The maximum Gasteiger partial charge on any atom is 0.319 e. The van der Waals surface area contributed by atoms with Crippen LogP contribution in [0.25, 0.3) is 11.4 Å². The van der Waals surface area contributed by atoms with E-state index in [4.69, 9.17) is 11.6 Å². The van der Waals surface area contributed by atoms with Crippen LogP contribution in [0.4, 0.5) is 10.5 Å². The van der Waals surface area contributed by atoms with Gasteiger partial charge >= 0.3 is 6.03 Å². The smallest absolute Gasteiger partial charge is 0.319 e. The number of halogens is 1. The Labute approximate surface area is 162 Å². The summed E-state index contributed by atoms with van der Waals surface area (Å²) < 4.78 is 1.66. The quantitative estimate of drug-likeness (QED) is 0.709. The van der Waals surface area contributed by atoms with Crippen molar-refractivity contribution in [1.29, 1.82) is 0 Å². The van der Waals surface area contributed by atoms with E-state index in [1.165, 1.54) is 5.56 Å². The first-order valence-corrected chi connectivity index (χ1v) is 9.28. The summed E-state index contributed by atoms with van der Waals surface area (Å²) in [5.74, 6) is 0.657. The zero-order valence-corrected chi connectivity index (χ0v) is 15.7. The maximum absolute atomic E-state index is 12.5. The highest BCUT2D eigenvalue weighted by Crippen LogP contribution is 2.31. The first kappa shape index (κ1) is 17.5. The zero-order chi connectivity index (χ0) is 18.8. The minimum atomic E-state index is -0.225. The molecule has 7 heteroatoms. The lowest BCUT2D eigenvalue weighted by Gasteiger charge is -2.26. The van der Waals surface area contributed by atoms with Gasteiger partial charge < -0.3 is 10.6 Å². The van der Waals surface area contributed by atoms with Gasteiger partial charge in [-0.1, -0.05) is 17.7 Å². The zero-order valence-electron chi connectivity index (χ0n) is 14.9. The Morgan fingerprint density at radius 3 is 2.78 bits per heavy atom. The van der Waals surface area contributed by atoms with Gasteiger partial charge in [0.25, 0.3) is 0 Å². The molecule has 6 nitrogen and oxygen atoms in total. The van der Waals surface area contributed by atoms with Gasteiger partial charge in [-0.15, -0.1) is 0 Å². The van der Waals surface area contributed by atoms with Crippen LogP contribution in [0.1, 0.15) is 30.0 Å². The summed E-state index contributed by atoms with van der Waals surface area (Å²) in [6.45, 7) is 0. The molecule has 138 valence electrons. The number of urea groups is 1. The predicted octanol–water partition coefficient (Wildman–Crippen LogP) is 4.33. The molecule has 4 rings (SSSR count). The summed E-state index contributed by atoms with van der Waals surface area (Å²) in [7, 11) is 1.83. The highest BCUT2D eigenvalue weighted by atomic mass is 35.5. The predicted molar refractivity (Wildman–Crippen MR) is 106 cm³/mol. The van der Waals surface area contributed by atoms with Gasteiger partial charge in [0.2, 0.25) is 0 Å². The fourth-order valence-corrected chi connectivity index (χ4v) is 3.60.